The number of phenolic OH excluding ortho intramolecular Hbond substituents is 1. The zero-order valence-electron chi connectivity index (χ0n) is 21.5. The fourth-order valence-electron chi connectivity index (χ4n) is 4.86. The van der Waals surface area contributed by atoms with Crippen LogP contribution in [0.3, 0.4) is 0 Å². The maximum atomic E-state index is 10.8. The van der Waals surface area contributed by atoms with Crippen molar-refractivity contribution in [3.05, 3.63) is 102 Å². The molecule has 4 aromatic rings. The Balaban J connectivity index is 1.15. The fraction of sp³-hybridized carbons (Fsp3) is 0.219. The summed E-state index contributed by atoms with van der Waals surface area (Å²) in [6, 6.07) is 28.2. The molecular formula is C32H33N3O3. The van der Waals surface area contributed by atoms with Crippen molar-refractivity contribution in [1.29, 1.82) is 0 Å². The monoisotopic (exact) mass is 507 g/mol. The van der Waals surface area contributed by atoms with Crippen molar-refractivity contribution >= 4 is 23.3 Å². The summed E-state index contributed by atoms with van der Waals surface area (Å²) in [7, 11) is 1.69. The molecule has 0 amide bonds. The molecule has 5 rings (SSSR count). The average molecular weight is 508 g/mol. The Morgan fingerprint density at radius 1 is 0.947 bits per heavy atom. The van der Waals surface area contributed by atoms with Crippen LogP contribution in [0.5, 0.6) is 11.5 Å². The first kappa shape index (κ1) is 25.5. The molecule has 6 nitrogen and oxygen atoms in total. The van der Waals surface area contributed by atoms with Crippen molar-refractivity contribution < 1.29 is 14.9 Å². The largest absolute Gasteiger partial charge is 0.506 e. The van der Waals surface area contributed by atoms with Crippen LogP contribution in [0.4, 0.5) is 17.1 Å². The molecule has 0 aromatic heterocycles. The van der Waals surface area contributed by atoms with E-state index in [9.17, 15) is 10.2 Å². The summed E-state index contributed by atoms with van der Waals surface area (Å²) in [6.45, 7) is 1.20. The number of nitrogens with one attached hydrogen (secondary N) is 2. The molecule has 4 aromatic carbocycles. The summed E-state index contributed by atoms with van der Waals surface area (Å²) in [5.41, 5.74) is 7.75. The van der Waals surface area contributed by atoms with Gasteiger partial charge in [0.05, 0.1) is 13.2 Å². The number of rotatable bonds is 10. The van der Waals surface area contributed by atoms with Crippen LogP contribution in [0.1, 0.15) is 29.2 Å². The molecule has 4 N–H and O–H groups in total. The lowest BCUT2D eigenvalue weighted by atomic mass is 9.95. The molecule has 0 aliphatic carbocycles. The highest BCUT2D eigenvalue weighted by atomic mass is 16.5. The minimum absolute atomic E-state index is 0.168. The van der Waals surface area contributed by atoms with Gasteiger partial charge in [-0.2, -0.15) is 0 Å². The quantitative estimate of drug-likeness (QED) is 0.189. The number of hydrogen-bond acceptors (Lipinski definition) is 6. The number of hydrogen-bond donors (Lipinski definition) is 4. The summed E-state index contributed by atoms with van der Waals surface area (Å²) >= 11 is 0. The van der Waals surface area contributed by atoms with E-state index >= 15 is 0 Å². The van der Waals surface area contributed by atoms with Gasteiger partial charge in [-0.05, 0) is 84.5 Å². The van der Waals surface area contributed by atoms with E-state index < -0.39 is 6.10 Å². The van der Waals surface area contributed by atoms with Gasteiger partial charge < -0.3 is 25.6 Å². The number of aliphatic imine (C=N–C) groups is 1. The van der Waals surface area contributed by atoms with Gasteiger partial charge >= 0.3 is 0 Å². The Morgan fingerprint density at radius 3 is 2.53 bits per heavy atom. The number of anilines is 2. The van der Waals surface area contributed by atoms with Crippen LogP contribution in [-0.2, 0) is 12.8 Å². The second kappa shape index (κ2) is 11.9. The molecule has 1 unspecified atom stereocenters. The van der Waals surface area contributed by atoms with Crippen LogP contribution < -0.4 is 15.4 Å². The highest BCUT2D eigenvalue weighted by Crippen LogP contribution is 2.38. The Kier molecular flexibility index (Phi) is 8.02. The van der Waals surface area contributed by atoms with Crippen LogP contribution in [0.2, 0.25) is 0 Å². The number of phenols is 1. The molecule has 0 bridgehead atoms. The van der Waals surface area contributed by atoms with Crippen LogP contribution >= 0.6 is 0 Å². The van der Waals surface area contributed by atoms with E-state index in [1.165, 1.54) is 5.56 Å². The van der Waals surface area contributed by atoms with Crippen LogP contribution in [0.25, 0.3) is 11.1 Å². The van der Waals surface area contributed by atoms with Crippen LogP contribution in [0, 0.1) is 0 Å². The van der Waals surface area contributed by atoms with Crippen molar-refractivity contribution in [3.63, 3.8) is 0 Å². The van der Waals surface area contributed by atoms with Crippen LogP contribution in [0.15, 0.2) is 89.9 Å². The zero-order chi connectivity index (χ0) is 26.3. The van der Waals surface area contributed by atoms with Crippen LogP contribution in [-0.4, -0.2) is 36.6 Å². The molecular weight excluding hydrogens is 474 g/mol. The van der Waals surface area contributed by atoms with E-state index in [2.05, 4.69) is 58.1 Å². The number of fused-ring (bicyclic) bond motifs is 1. The summed E-state index contributed by atoms with van der Waals surface area (Å²) in [6.07, 6.45) is 3.63. The molecule has 194 valence electrons. The van der Waals surface area contributed by atoms with Crippen molar-refractivity contribution in [2.75, 3.05) is 25.5 Å². The van der Waals surface area contributed by atoms with E-state index in [1.54, 1.807) is 19.2 Å². The summed E-state index contributed by atoms with van der Waals surface area (Å²) in [4.78, 5) is 4.31. The molecule has 1 atom stereocenters. The highest BCUT2D eigenvalue weighted by molar-refractivity contribution is 5.76. The van der Waals surface area contributed by atoms with Gasteiger partial charge in [0.15, 0.2) is 0 Å². The maximum Gasteiger partial charge on any atom is 0.141 e. The topological polar surface area (TPSA) is 86.1 Å². The molecule has 1 heterocycles. The molecule has 0 radical (unpaired) electrons. The van der Waals surface area contributed by atoms with E-state index in [4.69, 9.17) is 4.74 Å². The van der Waals surface area contributed by atoms with E-state index in [0.717, 1.165) is 65.2 Å². The fourth-order valence-corrected chi connectivity index (χ4v) is 4.86. The number of aliphatic hydroxyl groups excluding tert-OH is 1. The molecule has 0 spiro atoms. The van der Waals surface area contributed by atoms with E-state index in [-0.39, 0.29) is 5.75 Å². The predicted octanol–water partition coefficient (Wildman–Crippen LogP) is 6.33. The molecule has 1 aliphatic heterocycles. The predicted molar refractivity (Wildman–Crippen MR) is 154 cm³/mol. The third-order valence-corrected chi connectivity index (χ3v) is 6.86. The molecule has 0 saturated heterocycles. The molecule has 0 fully saturated rings. The van der Waals surface area contributed by atoms with Gasteiger partial charge in [-0.25, -0.2) is 0 Å². The number of nitrogens with zero attached hydrogens (tertiary/aromatic N) is 1. The van der Waals surface area contributed by atoms with Gasteiger partial charge in [-0.15, -0.1) is 0 Å². The van der Waals surface area contributed by atoms with E-state index in [0.29, 0.717) is 12.2 Å². The van der Waals surface area contributed by atoms with Gasteiger partial charge in [0, 0.05) is 29.7 Å². The number of ether oxygens (including phenoxy) is 1. The normalized spacial score (nSPS) is 13.1. The third-order valence-electron chi connectivity index (χ3n) is 6.86. The Labute approximate surface area is 223 Å². The first-order valence-corrected chi connectivity index (χ1v) is 13.0. The highest BCUT2D eigenvalue weighted by Gasteiger charge is 2.19. The average Bonchev–Trinajstić information content (AvgIpc) is 2.97. The van der Waals surface area contributed by atoms with Gasteiger partial charge in [0.2, 0.25) is 0 Å². The Morgan fingerprint density at radius 2 is 1.74 bits per heavy atom. The smallest absolute Gasteiger partial charge is 0.141 e. The minimum atomic E-state index is -0.644. The standard InChI is InChI=1S/C32H33N3O3/c1-38-31-16-13-25(20-28(31)23-6-3-2-4-7-23)35-24-11-9-22(10-12-24)17-19-33-21-30(37)26-14-15-29(36)32-27(26)8-5-18-34-32/h2-4,6-7,9-16,18,20,30,33,35-37H,5,8,17,19,21H2,1H3. The van der Waals surface area contributed by atoms with Crippen molar-refractivity contribution in [2.24, 2.45) is 4.99 Å². The lowest BCUT2D eigenvalue weighted by Gasteiger charge is -2.20. The first-order valence-electron chi connectivity index (χ1n) is 13.0. The number of benzene rings is 4. The lowest BCUT2D eigenvalue weighted by Crippen LogP contribution is -2.24. The minimum Gasteiger partial charge on any atom is -0.506 e. The second-order valence-corrected chi connectivity index (χ2v) is 9.42. The van der Waals surface area contributed by atoms with Gasteiger partial charge in [0.1, 0.15) is 17.2 Å². The number of aliphatic hydroxyl groups is 1. The SMILES string of the molecule is COc1ccc(Nc2ccc(CCNCC(O)c3ccc(O)c4c3CCC=N4)cc2)cc1-c1ccccc1. The molecule has 0 saturated carbocycles. The Hall–Kier alpha value is -4.13. The van der Waals surface area contributed by atoms with E-state index in [1.807, 2.05) is 36.5 Å². The van der Waals surface area contributed by atoms with Crippen molar-refractivity contribution in [1.82, 2.24) is 5.32 Å². The number of methoxy groups -OCH3 is 1. The lowest BCUT2D eigenvalue weighted by molar-refractivity contribution is 0.174. The Bertz CT molecular complexity index is 1400. The number of aromatic hydroxyl groups is 1. The summed E-state index contributed by atoms with van der Waals surface area (Å²) in [5, 5.41) is 27.7. The van der Waals surface area contributed by atoms with Crippen molar-refractivity contribution in [3.8, 4) is 22.6 Å². The third kappa shape index (κ3) is 5.88. The van der Waals surface area contributed by atoms with Gasteiger partial charge in [-0.1, -0.05) is 48.5 Å². The summed E-state index contributed by atoms with van der Waals surface area (Å²) in [5.74, 6) is 1.01. The molecule has 38 heavy (non-hydrogen) atoms. The first-order chi connectivity index (χ1) is 18.6. The second-order valence-electron chi connectivity index (χ2n) is 9.42. The maximum absolute atomic E-state index is 10.8. The molecule has 1 aliphatic rings. The summed E-state index contributed by atoms with van der Waals surface area (Å²) < 4.78 is 5.57. The van der Waals surface area contributed by atoms with Gasteiger partial charge in [0.25, 0.3) is 0 Å². The zero-order valence-corrected chi connectivity index (χ0v) is 21.5. The van der Waals surface area contributed by atoms with Crippen molar-refractivity contribution in [2.45, 2.75) is 25.4 Å². The van der Waals surface area contributed by atoms with Gasteiger partial charge in [-0.3, -0.25) is 4.99 Å². The molecule has 6 heteroatoms.